The molecular formula is C9H21N. The van der Waals surface area contributed by atoms with Gasteiger partial charge in [0.05, 0.1) is 0 Å². The maximum absolute atomic E-state index is 5.49. The van der Waals surface area contributed by atoms with Crippen LogP contribution in [-0.2, 0) is 0 Å². The zero-order valence-electron chi connectivity index (χ0n) is 7.61. The van der Waals surface area contributed by atoms with Crippen LogP contribution in [0.5, 0.6) is 0 Å². The van der Waals surface area contributed by atoms with Crippen molar-refractivity contribution in [2.45, 2.75) is 46.5 Å². The molecule has 0 saturated heterocycles. The minimum absolute atomic E-state index is 0.477. The Labute approximate surface area is 65.0 Å². The normalized spacial score (nSPS) is 12.0. The van der Waals surface area contributed by atoms with E-state index < -0.39 is 0 Å². The Balaban J connectivity index is 3.42. The lowest BCUT2D eigenvalue weighted by molar-refractivity contribution is 0.303. The third-order valence-electron chi connectivity index (χ3n) is 2.03. The van der Waals surface area contributed by atoms with Crippen LogP contribution in [0.4, 0.5) is 0 Å². The Bertz CT molecular complexity index is 76.8. The van der Waals surface area contributed by atoms with Crippen molar-refractivity contribution >= 4 is 0 Å². The monoisotopic (exact) mass is 143 g/mol. The van der Waals surface area contributed by atoms with Crippen molar-refractivity contribution in [1.82, 2.24) is 0 Å². The summed E-state index contributed by atoms with van der Waals surface area (Å²) in [6.07, 6.45) is 5.12. The number of nitrogens with two attached hydrogens (primary N) is 1. The smallest absolute Gasteiger partial charge is 0.00722 e. The van der Waals surface area contributed by atoms with Crippen LogP contribution >= 0.6 is 0 Å². The van der Waals surface area contributed by atoms with Gasteiger partial charge in [-0.25, -0.2) is 0 Å². The minimum Gasteiger partial charge on any atom is -0.330 e. The lowest BCUT2D eigenvalue weighted by atomic mass is 9.84. The zero-order valence-corrected chi connectivity index (χ0v) is 7.61. The first-order valence-corrected chi connectivity index (χ1v) is 4.32. The minimum atomic E-state index is 0.477. The third kappa shape index (κ3) is 4.80. The van der Waals surface area contributed by atoms with Crippen LogP contribution in [0, 0.1) is 5.41 Å². The van der Waals surface area contributed by atoms with E-state index in [-0.39, 0.29) is 0 Å². The highest BCUT2D eigenvalue weighted by Crippen LogP contribution is 2.26. The van der Waals surface area contributed by atoms with Gasteiger partial charge < -0.3 is 5.73 Å². The predicted octanol–water partition coefficient (Wildman–Crippen LogP) is 2.55. The van der Waals surface area contributed by atoms with E-state index in [0.717, 1.165) is 13.0 Å². The molecule has 0 heterocycles. The summed E-state index contributed by atoms with van der Waals surface area (Å²) in [5, 5.41) is 0. The Morgan fingerprint density at radius 1 is 1.20 bits per heavy atom. The van der Waals surface area contributed by atoms with Crippen molar-refractivity contribution < 1.29 is 0 Å². The van der Waals surface area contributed by atoms with Crippen LogP contribution in [0.1, 0.15) is 46.5 Å². The molecule has 0 radical (unpaired) electrons. The van der Waals surface area contributed by atoms with Gasteiger partial charge in [-0.3, -0.25) is 0 Å². The van der Waals surface area contributed by atoms with Gasteiger partial charge in [-0.1, -0.05) is 33.6 Å². The Morgan fingerprint density at radius 2 is 1.80 bits per heavy atom. The van der Waals surface area contributed by atoms with Gasteiger partial charge in [0.15, 0.2) is 0 Å². The van der Waals surface area contributed by atoms with E-state index in [4.69, 9.17) is 5.73 Å². The molecule has 0 atom stereocenters. The van der Waals surface area contributed by atoms with Crippen molar-refractivity contribution in [1.29, 1.82) is 0 Å². The van der Waals surface area contributed by atoms with E-state index in [1.807, 2.05) is 0 Å². The maximum atomic E-state index is 5.49. The van der Waals surface area contributed by atoms with Gasteiger partial charge in [-0.15, -0.1) is 0 Å². The van der Waals surface area contributed by atoms with Crippen molar-refractivity contribution in [3.05, 3.63) is 0 Å². The van der Waals surface area contributed by atoms with E-state index in [1.54, 1.807) is 0 Å². The third-order valence-corrected chi connectivity index (χ3v) is 2.03. The van der Waals surface area contributed by atoms with Crippen LogP contribution < -0.4 is 5.73 Å². The fraction of sp³-hybridized carbons (Fsp3) is 1.00. The molecule has 62 valence electrons. The molecule has 0 rings (SSSR count). The van der Waals surface area contributed by atoms with Crippen LogP contribution in [-0.4, -0.2) is 6.54 Å². The van der Waals surface area contributed by atoms with E-state index in [2.05, 4.69) is 20.8 Å². The summed E-state index contributed by atoms with van der Waals surface area (Å²) >= 11 is 0. The van der Waals surface area contributed by atoms with Gasteiger partial charge in [0, 0.05) is 0 Å². The number of rotatable bonds is 5. The van der Waals surface area contributed by atoms with E-state index in [1.165, 1.54) is 19.3 Å². The standard InChI is InChI=1S/C9H21N/c1-4-5-6-9(2,3)7-8-10/h4-8,10H2,1-3H3. The summed E-state index contributed by atoms with van der Waals surface area (Å²) in [6.45, 7) is 7.67. The largest absolute Gasteiger partial charge is 0.330 e. The second kappa shape index (κ2) is 4.73. The van der Waals surface area contributed by atoms with Gasteiger partial charge in [0.2, 0.25) is 0 Å². The summed E-state index contributed by atoms with van der Waals surface area (Å²) in [6, 6.07) is 0. The molecule has 0 aromatic rings. The summed E-state index contributed by atoms with van der Waals surface area (Å²) in [5.74, 6) is 0. The fourth-order valence-corrected chi connectivity index (χ4v) is 1.17. The average Bonchev–Trinajstić information content (AvgIpc) is 1.84. The zero-order chi connectivity index (χ0) is 8.04. The number of unbranched alkanes of at least 4 members (excludes halogenated alkanes) is 1. The topological polar surface area (TPSA) is 26.0 Å². The molecule has 0 aromatic heterocycles. The first-order valence-electron chi connectivity index (χ1n) is 4.32. The van der Waals surface area contributed by atoms with E-state index in [0.29, 0.717) is 5.41 Å². The van der Waals surface area contributed by atoms with Crippen LogP contribution in [0.25, 0.3) is 0 Å². The van der Waals surface area contributed by atoms with Crippen molar-refractivity contribution in [3.8, 4) is 0 Å². The number of hydrogen-bond acceptors (Lipinski definition) is 1. The number of hydrogen-bond donors (Lipinski definition) is 1. The second-order valence-electron chi connectivity index (χ2n) is 3.81. The van der Waals surface area contributed by atoms with Crippen LogP contribution in [0.3, 0.4) is 0 Å². The van der Waals surface area contributed by atoms with E-state index in [9.17, 15) is 0 Å². The quantitative estimate of drug-likeness (QED) is 0.629. The van der Waals surface area contributed by atoms with Gasteiger partial charge >= 0.3 is 0 Å². The van der Waals surface area contributed by atoms with Gasteiger partial charge in [-0.2, -0.15) is 0 Å². The molecule has 1 heteroatoms. The van der Waals surface area contributed by atoms with Crippen molar-refractivity contribution in [2.75, 3.05) is 6.54 Å². The molecular weight excluding hydrogens is 122 g/mol. The Hall–Kier alpha value is -0.0400. The average molecular weight is 143 g/mol. The van der Waals surface area contributed by atoms with Gasteiger partial charge in [0.25, 0.3) is 0 Å². The summed E-state index contributed by atoms with van der Waals surface area (Å²) in [4.78, 5) is 0. The lowest BCUT2D eigenvalue weighted by Gasteiger charge is -2.23. The molecule has 0 amide bonds. The van der Waals surface area contributed by atoms with Gasteiger partial charge in [-0.05, 0) is 24.8 Å². The van der Waals surface area contributed by atoms with Crippen LogP contribution in [0.2, 0.25) is 0 Å². The molecule has 10 heavy (non-hydrogen) atoms. The summed E-state index contributed by atoms with van der Waals surface area (Å²) in [7, 11) is 0. The molecule has 0 unspecified atom stereocenters. The van der Waals surface area contributed by atoms with Crippen LogP contribution in [0.15, 0.2) is 0 Å². The molecule has 0 spiro atoms. The summed E-state index contributed by atoms with van der Waals surface area (Å²) < 4.78 is 0. The lowest BCUT2D eigenvalue weighted by Crippen LogP contribution is -2.16. The molecule has 0 aliphatic carbocycles. The molecule has 0 aliphatic heterocycles. The SMILES string of the molecule is CCCCC(C)(C)CCN. The van der Waals surface area contributed by atoms with Crippen molar-refractivity contribution in [2.24, 2.45) is 11.1 Å². The molecule has 2 N–H and O–H groups in total. The Morgan fingerprint density at radius 3 is 2.20 bits per heavy atom. The highest BCUT2D eigenvalue weighted by atomic mass is 14.5. The van der Waals surface area contributed by atoms with Gasteiger partial charge in [0.1, 0.15) is 0 Å². The molecule has 1 nitrogen and oxygen atoms in total. The molecule has 0 fully saturated rings. The van der Waals surface area contributed by atoms with E-state index >= 15 is 0 Å². The maximum Gasteiger partial charge on any atom is -0.00722 e. The fourth-order valence-electron chi connectivity index (χ4n) is 1.17. The van der Waals surface area contributed by atoms with Crippen molar-refractivity contribution in [3.63, 3.8) is 0 Å². The molecule has 0 aliphatic rings. The highest BCUT2D eigenvalue weighted by molar-refractivity contribution is 4.68. The second-order valence-corrected chi connectivity index (χ2v) is 3.81. The predicted molar refractivity (Wildman–Crippen MR) is 47.0 cm³/mol. The molecule has 0 saturated carbocycles. The summed E-state index contributed by atoms with van der Waals surface area (Å²) in [5.41, 5.74) is 5.96. The Kier molecular flexibility index (Phi) is 4.71. The molecule has 0 bridgehead atoms. The first-order chi connectivity index (χ1) is 4.62. The molecule has 0 aromatic carbocycles. The first kappa shape index (κ1) is 9.96. The highest BCUT2D eigenvalue weighted by Gasteiger charge is 2.14.